The maximum atomic E-state index is 6.18. The van der Waals surface area contributed by atoms with Crippen LogP contribution in [0.2, 0.25) is 0 Å². The Hall–Kier alpha value is -2.55. The molecule has 1 heterocycles. The summed E-state index contributed by atoms with van der Waals surface area (Å²) in [5.41, 5.74) is 8.87. The highest BCUT2D eigenvalue weighted by Gasteiger charge is 2.04. The quantitative estimate of drug-likeness (QED) is 0.668. The standard InChI is InChI=1S/C15H13N3/c16-15-13-8-9-17-10-11(13)6-7-14(15)18-12-4-2-1-3-5-12/h1-10,18H,16H2. The maximum Gasteiger partial charge on any atom is 0.0634 e. The number of anilines is 3. The second-order valence-electron chi connectivity index (χ2n) is 4.11. The maximum absolute atomic E-state index is 6.18. The Bertz CT molecular complexity index is 678. The van der Waals surface area contributed by atoms with Crippen LogP contribution in [0.4, 0.5) is 17.1 Å². The zero-order chi connectivity index (χ0) is 12.4. The van der Waals surface area contributed by atoms with Crippen molar-refractivity contribution in [2.75, 3.05) is 11.1 Å². The Morgan fingerprint density at radius 2 is 1.78 bits per heavy atom. The summed E-state index contributed by atoms with van der Waals surface area (Å²) in [6, 6.07) is 15.9. The molecule has 3 heteroatoms. The van der Waals surface area contributed by atoms with E-state index in [1.54, 1.807) is 6.20 Å². The third-order valence-corrected chi connectivity index (χ3v) is 2.91. The van der Waals surface area contributed by atoms with Gasteiger partial charge in [0.1, 0.15) is 0 Å². The Labute approximate surface area is 105 Å². The van der Waals surface area contributed by atoms with Crippen molar-refractivity contribution >= 4 is 27.8 Å². The number of rotatable bonds is 2. The number of para-hydroxylation sites is 1. The lowest BCUT2D eigenvalue weighted by atomic mass is 10.1. The molecule has 2 aromatic carbocycles. The Kier molecular flexibility index (Phi) is 2.57. The molecule has 0 bridgehead atoms. The van der Waals surface area contributed by atoms with E-state index < -0.39 is 0 Å². The first kappa shape index (κ1) is 10.6. The first-order chi connectivity index (χ1) is 8.84. The average Bonchev–Trinajstić information content (AvgIpc) is 2.43. The molecular weight excluding hydrogens is 222 g/mol. The number of fused-ring (bicyclic) bond motifs is 1. The number of pyridine rings is 1. The van der Waals surface area contributed by atoms with E-state index in [-0.39, 0.29) is 0 Å². The van der Waals surface area contributed by atoms with Gasteiger partial charge in [-0.05, 0) is 24.3 Å². The molecule has 0 aliphatic rings. The highest BCUT2D eigenvalue weighted by atomic mass is 14.9. The fraction of sp³-hybridized carbons (Fsp3) is 0. The van der Waals surface area contributed by atoms with Gasteiger partial charge in [-0.25, -0.2) is 0 Å². The number of benzene rings is 2. The SMILES string of the molecule is Nc1c(Nc2ccccc2)ccc2cnccc12. The van der Waals surface area contributed by atoms with Crippen LogP contribution in [0.1, 0.15) is 0 Å². The Balaban J connectivity index is 2.05. The lowest BCUT2D eigenvalue weighted by Crippen LogP contribution is -1.97. The van der Waals surface area contributed by atoms with Crippen molar-refractivity contribution in [1.82, 2.24) is 4.98 Å². The second kappa shape index (κ2) is 4.37. The van der Waals surface area contributed by atoms with Gasteiger partial charge in [0.15, 0.2) is 0 Å². The molecule has 3 nitrogen and oxygen atoms in total. The van der Waals surface area contributed by atoms with Crippen molar-refractivity contribution < 1.29 is 0 Å². The van der Waals surface area contributed by atoms with Gasteiger partial charge < -0.3 is 11.1 Å². The number of hydrogen-bond acceptors (Lipinski definition) is 3. The summed E-state index contributed by atoms with van der Waals surface area (Å²) >= 11 is 0. The van der Waals surface area contributed by atoms with Gasteiger partial charge in [-0.1, -0.05) is 24.3 Å². The first-order valence-electron chi connectivity index (χ1n) is 5.79. The van der Waals surface area contributed by atoms with E-state index in [2.05, 4.69) is 10.3 Å². The van der Waals surface area contributed by atoms with E-state index in [9.17, 15) is 0 Å². The third kappa shape index (κ3) is 1.86. The van der Waals surface area contributed by atoms with Crippen LogP contribution >= 0.6 is 0 Å². The minimum atomic E-state index is 0.749. The molecule has 88 valence electrons. The molecule has 0 fully saturated rings. The Morgan fingerprint density at radius 3 is 2.61 bits per heavy atom. The monoisotopic (exact) mass is 235 g/mol. The number of nitrogens with two attached hydrogens (primary N) is 1. The molecule has 0 saturated heterocycles. The van der Waals surface area contributed by atoms with Crippen molar-refractivity contribution in [2.45, 2.75) is 0 Å². The number of nitrogens with zero attached hydrogens (tertiary/aromatic N) is 1. The summed E-state index contributed by atoms with van der Waals surface area (Å²) in [5, 5.41) is 5.39. The molecule has 3 aromatic rings. The van der Waals surface area contributed by atoms with Gasteiger partial charge in [-0.2, -0.15) is 0 Å². The fourth-order valence-corrected chi connectivity index (χ4v) is 1.98. The van der Waals surface area contributed by atoms with Gasteiger partial charge >= 0.3 is 0 Å². The van der Waals surface area contributed by atoms with Crippen LogP contribution in [-0.2, 0) is 0 Å². The minimum absolute atomic E-state index is 0.749. The molecule has 3 N–H and O–H groups in total. The Morgan fingerprint density at radius 1 is 0.944 bits per heavy atom. The lowest BCUT2D eigenvalue weighted by Gasteiger charge is -2.11. The van der Waals surface area contributed by atoms with Crippen LogP contribution in [-0.4, -0.2) is 4.98 Å². The van der Waals surface area contributed by atoms with E-state index in [0.29, 0.717) is 0 Å². The predicted octanol–water partition coefficient (Wildman–Crippen LogP) is 3.56. The van der Waals surface area contributed by atoms with Crippen molar-refractivity contribution in [2.24, 2.45) is 0 Å². The lowest BCUT2D eigenvalue weighted by molar-refractivity contribution is 1.36. The summed E-state index contributed by atoms with van der Waals surface area (Å²) in [7, 11) is 0. The zero-order valence-corrected chi connectivity index (χ0v) is 9.80. The molecule has 0 amide bonds. The van der Waals surface area contributed by atoms with Crippen LogP contribution in [0.15, 0.2) is 60.9 Å². The first-order valence-corrected chi connectivity index (χ1v) is 5.79. The number of nitrogens with one attached hydrogen (secondary N) is 1. The predicted molar refractivity (Wildman–Crippen MR) is 75.9 cm³/mol. The second-order valence-corrected chi connectivity index (χ2v) is 4.11. The van der Waals surface area contributed by atoms with E-state index in [1.165, 1.54) is 0 Å². The van der Waals surface area contributed by atoms with Crippen LogP contribution in [0.3, 0.4) is 0 Å². The topological polar surface area (TPSA) is 50.9 Å². The van der Waals surface area contributed by atoms with Gasteiger partial charge in [-0.15, -0.1) is 0 Å². The average molecular weight is 235 g/mol. The van der Waals surface area contributed by atoms with E-state index >= 15 is 0 Å². The molecule has 0 spiro atoms. The summed E-state index contributed by atoms with van der Waals surface area (Å²) in [5.74, 6) is 0. The number of nitrogen functional groups attached to an aromatic ring is 1. The molecule has 0 radical (unpaired) electrons. The summed E-state index contributed by atoms with van der Waals surface area (Å²) in [6.07, 6.45) is 3.57. The van der Waals surface area contributed by atoms with Crippen molar-refractivity contribution in [3.63, 3.8) is 0 Å². The van der Waals surface area contributed by atoms with Crippen molar-refractivity contribution in [3.8, 4) is 0 Å². The van der Waals surface area contributed by atoms with Crippen LogP contribution < -0.4 is 11.1 Å². The minimum Gasteiger partial charge on any atom is -0.397 e. The molecule has 0 atom stereocenters. The van der Waals surface area contributed by atoms with Gasteiger partial charge in [0.05, 0.1) is 11.4 Å². The normalized spacial score (nSPS) is 10.4. The molecule has 0 saturated carbocycles. The van der Waals surface area contributed by atoms with Crippen molar-refractivity contribution in [3.05, 3.63) is 60.9 Å². The van der Waals surface area contributed by atoms with Crippen LogP contribution in [0.25, 0.3) is 10.8 Å². The van der Waals surface area contributed by atoms with E-state index in [4.69, 9.17) is 5.73 Å². The third-order valence-electron chi connectivity index (χ3n) is 2.91. The largest absolute Gasteiger partial charge is 0.397 e. The van der Waals surface area contributed by atoms with Crippen LogP contribution in [0.5, 0.6) is 0 Å². The smallest absolute Gasteiger partial charge is 0.0634 e. The molecular formula is C15H13N3. The number of hydrogen-bond donors (Lipinski definition) is 2. The molecule has 3 rings (SSSR count). The summed E-state index contributed by atoms with van der Waals surface area (Å²) < 4.78 is 0. The van der Waals surface area contributed by atoms with Crippen LogP contribution in [0, 0.1) is 0 Å². The molecule has 0 aliphatic heterocycles. The van der Waals surface area contributed by atoms with Gasteiger partial charge in [-0.3, -0.25) is 4.98 Å². The molecule has 1 aromatic heterocycles. The highest BCUT2D eigenvalue weighted by molar-refractivity contribution is 5.99. The van der Waals surface area contributed by atoms with Gasteiger partial charge in [0.25, 0.3) is 0 Å². The fourth-order valence-electron chi connectivity index (χ4n) is 1.98. The van der Waals surface area contributed by atoms with Gasteiger partial charge in [0, 0.05) is 28.9 Å². The molecule has 18 heavy (non-hydrogen) atoms. The van der Waals surface area contributed by atoms with Crippen molar-refractivity contribution in [1.29, 1.82) is 0 Å². The number of aromatic nitrogens is 1. The summed E-state index contributed by atoms with van der Waals surface area (Å²) in [4.78, 5) is 4.09. The van der Waals surface area contributed by atoms with E-state index in [0.717, 1.165) is 27.8 Å². The molecule has 0 unspecified atom stereocenters. The van der Waals surface area contributed by atoms with Gasteiger partial charge in [0.2, 0.25) is 0 Å². The highest BCUT2D eigenvalue weighted by Crippen LogP contribution is 2.30. The zero-order valence-electron chi connectivity index (χ0n) is 9.80. The molecule has 0 aliphatic carbocycles. The summed E-state index contributed by atoms with van der Waals surface area (Å²) in [6.45, 7) is 0. The van der Waals surface area contributed by atoms with E-state index in [1.807, 2.05) is 54.7 Å².